The maximum atomic E-state index is 9.09. The Balaban J connectivity index is 2.22. The molecule has 0 saturated carbocycles. The van der Waals surface area contributed by atoms with E-state index in [-0.39, 0.29) is 0 Å². The van der Waals surface area contributed by atoms with Gasteiger partial charge in [0.2, 0.25) is 0 Å². The molecule has 0 spiro atoms. The molecule has 6 heteroatoms. The molecule has 0 radical (unpaired) electrons. The number of aryl methyl sites for hydroxylation is 1. The van der Waals surface area contributed by atoms with Crippen molar-refractivity contribution in [2.45, 2.75) is 20.4 Å². The Hall–Kier alpha value is -2.42. The number of nitrogens with one attached hydrogen (secondary N) is 1. The van der Waals surface area contributed by atoms with Crippen molar-refractivity contribution in [2.24, 2.45) is 0 Å². The predicted octanol–water partition coefficient (Wildman–Crippen LogP) is 1.57. The molecule has 2 aromatic heterocycles. The Bertz CT molecular complexity index is 556. The third-order valence-corrected chi connectivity index (χ3v) is 2.49. The fraction of sp³-hybridized carbons (Fsp3) is 0.273. The van der Waals surface area contributed by atoms with Gasteiger partial charge in [0.1, 0.15) is 11.6 Å². The smallest absolute Gasteiger partial charge is 0.167 e. The summed E-state index contributed by atoms with van der Waals surface area (Å²) in [5, 5.41) is 23.6. The highest BCUT2D eigenvalue weighted by molar-refractivity contribution is 5.55. The molecule has 6 nitrogen and oxygen atoms in total. The molecule has 0 aliphatic carbocycles. The summed E-state index contributed by atoms with van der Waals surface area (Å²) in [6.45, 7) is 4.09. The average Bonchev–Trinajstić information content (AvgIpc) is 2.83. The lowest BCUT2D eigenvalue weighted by Crippen LogP contribution is -2.07. The molecule has 0 aliphatic heterocycles. The number of hydrogen-bond donors (Lipinski definition) is 1. The first kappa shape index (κ1) is 11.1. The zero-order chi connectivity index (χ0) is 12.3. The summed E-state index contributed by atoms with van der Waals surface area (Å²) >= 11 is 0. The summed E-state index contributed by atoms with van der Waals surface area (Å²) in [4.78, 5) is 0. The molecule has 1 N–H and O–H groups in total. The normalized spacial score (nSPS) is 9.94. The molecule has 0 atom stereocenters. The number of nitriles is 1. The second-order valence-corrected chi connectivity index (χ2v) is 3.58. The van der Waals surface area contributed by atoms with Crippen LogP contribution >= 0.6 is 0 Å². The molecule has 0 fully saturated rings. The minimum atomic E-state index is 0.422. The summed E-state index contributed by atoms with van der Waals surface area (Å²) in [5.41, 5.74) is 2.10. The van der Waals surface area contributed by atoms with Crippen molar-refractivity contribution in [3.8, 4) is 6.07 Å². The second kappa shape index (κ2) is 4.61. The number of nitrogens with zero attached hydrogens (tertiary/aromatic N) is 4. The van der Waals surface area contributed by atoms with E-state index in [2.05, 4.69) is 26.7 Å². The molecule has 0 saturated heterocycles. The van der Waals surface area contributed by atoms with Gasteiger partial charge in [-0.2, -0.15) is 10.4 Å². The zero-order valence-electron chi connectivity index (χ0n) is 9.56. The molecule has 0 bridgehead atoms. The summed E-state index contributed by atoms with van der Waals surface area (Å²) < 4.78 is 4.94. The van der Waals surface area contributed by atoms with Crippen LogP contribution in [0.5, 0.6) is 0 Å². The molecule has 2 aromatic rings. The predicted molar refractivity (Wildman–Crippen MR) is 60.1 cm³/mol. The van der Waals surface area contributed by atoms with Crippen LogP contribution in [-0.2, 0) is 6.54 Å². The summed E-state index contributed by atoms with van der Waals surface area (Å²) in [6.07, 6.45) is 1.56. The van der Waals surface area contributed by atoms with Crippen molar-refractivity contribution in [1.82, 2.24) is 15.4 Å². The summed E-state index contributed by atoms with van der Waals surface area (Å²) in [7, 11) is 0. The van der Waals surface area contributed by atoms with Crippen LogP contribution in [0, 0.1) is 25.2 Å². The van der Waals surface area contributed by atoms with Gasteiger partial charge in [0.15, 0.2) is 11.6 Å². The molecule has 2 heterocycles. The van der Waals surface area contributed by atoms with Gasteiger partial charge >= 0.3 is 0 Å². The van der Waals surface area contributed by atoms with Crippen LogP contribution in [0.25, 0.3) is 0 Å². The highest BCUT2D eigenvalue weighted by Gasteiger charge is 2.10. The van der Waals surface area contributed by atoms with Crippen LogP contribution in [0.3, 0.4) is 0 Å². The standard InChI is InChI=1S/C11H11N5O/c1-7-8(2)15-16-11(10(7)5-12)13-6-9-3-4-14-17-9/h3-4H,6H2,1-2H3,(H,13,16). The van der Waals surface area contributed by atoms with E-state index in [1.807, 2.05) is 13.8 Å². The Morgan fingerprint density at radius 3 is 2.88 bits per heavy atom. The molecule has 0 aliphatic rings. The second-order valence-electron chi connectivity index (χ2n) is 3.58. The van der Waals surface area contributed by atoms with Crippen molar-refractivity contribution in [3.05, 3.63) is 34.8 Å². The van der Waals surface area contributed by atoms with E-state index in [4.69, 9.17) is 9.78 Å². The number of aromatic nitrogens is 3. The highest BCUT2D eigenvalue weighted by atomic mass is 16.5. The average molecular weight is 229 g/mol. The maximum Gasteiger partial charge on any atom is 0.167 e. The van der Waals surface area contributed by atoms with Gasteiger partial charge in [-0.15, -0.1) is 5.10 Å². The minimum absolute atomic E-state index is 0.422. The SMILES string of the molecule is Cc1nnc(NCc2ccno2)c(C#N)c1C. The zero-order valence-corrected chi connectivity index (χ0v) is 9.56. The van der Waals surface area contributed by atoms with E-state index in [0.29, 0.717) is 23.7 Å². The Morgan fingerprint density at radius 2 is 2.24 bits per heavy atom. The maximum absolute atomic E-state index is 9.09. The van der Waals surface area contributed by atoms with Crippen LogP contribution in [0.2, 0.25) is 0 Å². The number of anilines is 1. The molecule has 0 aromatic carbocycles. The number of hydrogen-bond acceptors (Lipinski definition) is 6. The largest absolute Gasteiger partial charge is 0.360 e. The molecule has 86 valence electrons. The van der Waals surface area contributed by atoms with Gasteiger partial charge in [0.05, 0.1) is 18.4 Å². The quantitative estimate of drug-likeness (QED) is 0.859. The van der Waals surface area contributed by atoms with Crippen LogP contribution in [0.1, 0.15) is 22.6 Å². The van der Waals surface area contributed by atoms with Gasteiger partial charge in [-0.05, 0) is 19.4 Å². The Morgan fingerprint density at radius 1 is 1.41 bits per heavy atom. The molecule has 0 unspecified atom stereocenters. The molecular weight excluding hydrogens is 218 g/mol. The monoisotopic (exact) mass is 229 g/mol. The van der Waals surface area contributed by atoms with Crippen molar-refractivity contribution in [1.29, 1.82) is 5.26 Å². The van der Waals surface area contributed by atoms with Crippen LogP contribution in [0.15, 0.2) is 16.8 Å². The van der Waals surface area contributed by atoms with E-state index in [1.165, 1.54) is 0 Å². The van der Waals surface area contributed by atoms with E-state index in [0.717, 1.165) is 11.3 Å². The minimum Gasteiger partial charge on any atom is -0.360 e. The molecule has 0 amide bonds. The van der Waals surface area contributed by atoms with Gasteiger partial charge in [-0.1, -0.05) is 5.16 Å². The lowest BCUT2D eigenvalue weighted by molar-refractivity contribution is 0.388. The molecule has 2 rings (SSSR count). The third-order valence-electron chi connectivity index (χ3n) is 2.49. The molecular formula is C11H11N5O. The molecule has 17 heavy (non-hydrogen) atoms. The van der Waals surface area contributed by atoms with Crippen molar-refractivity contribution < 1.29 is 4.52 Å². The first-order valence-electron chi connectivity index (χ1n) is 5.09. The van der Waals surface area contributed by atoms with Gasteiger partial charge in [0.25, 0.3) is 0 Å². The fourth-order valence-corrected chi connectivity index (χ4v) is 1.37. The van der Waals surface area contributed by atoms with E-state index in [1.54, 1.807) is 12.3 Å². The van der Waals surface area contributed by atoms with Crippen LogP contribution in [-0.4, -0.2) is 15.4 Å². The lowest BCUT2D eigenvalue weighted by Gasteiger charge is -2.07. The number of rotatable bonds is 3. The first-order chi connectivity index (χ1) is 8.22. The Labute approximate surface area is 98.3 Å². The van der Waals surface area contributed by atoms with Gasteiger partial charge in [-0.3, -0.25) is 0 Å². The fourth-order valence-electron chi connectivity index (χ4n) is 1.37. The first-order valence-corrected chi connectivity index (χ1v) is 5.09. The summed E-state index contributed by atoms with van der Waals surface area (Å²) in [6, 6.07) is 3.87. The Kier molecular flexibility index (Phi) is 3.01. The third kappa shape index (κ3) is 2.23. The topological polar surface area (TPSA) is 87.6 Å². The van der Waals surface area contributed by atoms with Gasteiger partial charge in [0, 0.05) is 6.07 Å². The van der Waals surface area contributed by atoms with E-state index < -0.39 is 0 Å². The van der Waals surface area contributed by atoms with Gasteiger partial charge < -0.3 is 9.84 Å². The van der Waals surface area contributed by atoms with E-state index >= 15 is 0 Å². The van der Waals surface area contributed by atoms with Crippen molar-refractivity contribution in [3.63, 3.8) is 0 Å². The highest BCUT2D eigenvalue weighted by Crippen LogP contribution is 2.17. The van der Waals surface area contributed by atoms with E-state index in [9.17, 15) is 0 Å². The van der Waals surface area contributed by atoms with Crippen molar-refractivity contribution in [2.75, 3.05) is 5.32 Å². The van der Waals surface area contributed by atoms with Crippen molar-refractivity contribution >= 4 is 5.82 Å². The summed E-state index contributed by atoms with van der Waals surface area (Å²) in [5.74, 6) is 1.14. The van der Waals surface area contributed by atoms with Gasteiger partial charge in [-0.25, -0.2) is 0 Å². The van der Waals surface area contributed by atoms with Crippen LogP contribution < -0.4 is 5.32 Å². The lowest BCUT2D eigenvalue weighted by atomic mass is 10.1. The van der Waals surface area contributed by atoms with Crippen LogP contribution in [0.4, 0.5) is 5.82 Å².